The Hall–Kier alpha value is -2.28. The van der Waals surface area contributed by atoms with Crippen LogP contribution in [-0.2, 0) is 13.1 Å². The van der Waals surface area contributed by atoms with Gasteiger partial charge in [-0.1, -0.05) is 30.3 Å². The minimum Gasteiger partial charge on any atom is -0.493 e. The molecule has 6 heteroatoms. The summed E-state index contributed by atoms with van der Waals surface area (Å²) in [4.78, 5) is 7.52. The van der Waals surface area contributed by atoms with Gasteiger partial charge in [0.1, 0.15) is 12.4 Å². The molecule has 0 unspecified atom stereocenters. The molecule has 0 aliphatic carbocycles. The van der Waals surface area contributed by atoms with Gasteiger partial charge in [0, 0.05) is 43.3 Å². The fourth-order valence-electron chi connectivity index (χ4n) is 5.10. The van der Waals surface area contributed by atoms with Crippen LogP contribution in [0.4, 0.5) is 0 Å². The van der Waals surface area contributed by atoms with E-state index >= 15 is 0 Å². The SMILES string of the molecule is COc1cccc(CN2CCC[C@H]2CN2Cc3ccccc3OC[C@H]2CN(C)C)c1OC. The summed E-state index contributed by atoms with van der Waals surface area (Å²) in [6.45, 7) is 5.69. The van der Waals surface area contributed by atoms with Crippen LogP contribution in [0.1, 0.15) is 24.0 Å². The molecular formula is C26H37N3O3. The van der Waals surface area contributed by atoms with Gasteiger partial charge in [-0.3, -0.25) is 9.80 Å². The van der Waals surface area contributed by atoms with E-state index in [9.17, 15) is 0 Å². The topological polar surface area (TPSA) is 37.4 Å². The highest BCUT2D eigenvalue weighted by atomic mass is 16.5. The molecule has 2 aromatic rings. The van der Waals surface area contributed by atoms with E-state index in [1.165, 1.54) is 24.0 Å². The molecule has 2 aromatic carbocycles. The van der Waals surface area contributed by atoms with Gasteiger partial charge in [-0.2, -0.15) is 0 Å². The second kappa shape index (κ2) is 10.6. The molecule has 2 aliphatic heterocycles. The summed E-state index contributed by atoms with van der Waals surface area (Å²) < 4.78 is 17.4. The third kappa shape index (κ3) is 5.20. The first-order valence-electron chi connectivity index (χ1n) is 11.6. The summed E-state index contributed by atoms with van der Waals surface area (Å²) in [6, 6.07) is 15.5. The number of likely N-dealkylation sites (N-methyl/N-ethyl adjacent to an activating group) is 1. The molecule has 174 valence electrons. The van der Waals surface area contributed by atoms with Crippen LogP contribution in [0.2, 0.25) is 0 Å². The van der Waals surface area contributed by atoms with Crippen molar-refractivity contribution in [3.05, 3.63) is 53.6 Å². The first-order valence-corrected chi connectivity index (χ1v) is 11.6. The third-order valence-corrected chi connectivity index (χ3v) is 6.67. The maximum absolute atomic E-state index is 6.22. The Morgan fingerprint density at radius 1 is 1.00 bits per heavy atom. The number of ether oxygens (including phenoxy) is 3. The van der Waals surface area contributed by atoms with Crippen molar-refractivity contribution in [2.24, 2.45) is 0 Å². The van der Waals surface area contributed by atoms with Crippen LogP contribution < -0.4 is 14.2 Å². The summed E-state index contributed by atoms with van der Waals surface area (Å²) in [5, 5.41) is 0. The van der Waals surface area contributed by atoms with Gasteiger partial charge in [0.05, 0.1) is 20.3 Å². The number of benzene rings is 2. The monoisotopic (exact) mass is 439 g/mol. The van der Waals surface area contributed by atoms with E-state index in [2.05, 4.69) is 65.2 Å². The highest BCUT2D eigenvalue weighted by Crippen LogP contribution is 2.34. The van der Waals surface area contributed by atoms with Crippen LogP contribution in [0.15, 0.2) is 42.5 Å². The summed E-state index contributed by atoms with van der Waals surface area (Å²) >= 11 is 0. The van der Waals surface area contributed by atoms with Gasteiger partial charge in [-0.25, -0.2) is 0 Å². The van der Waals surface area contributed by atoms with E-state index in [4.69, 9.17) is 14.2 Å². The Kier molecular flexibility index (Phi) is 7.55. The van der Waals surface area contributed by atoms with Crippen molar-refractivity contribution in [3.63, 3.8) is 0 Å². The molecule has 1 fully saturated rings. The highest BCUT2D eigenvalue weighted by Gasteiger charge is 2.32. The quantitative estimate of drug-likeness (QED) is 0.627. The van der Waals surface area contributed by atoms with Gasteiger partial charge >= 0.3 is 0 Å². The molecule has 2 atom stereocenters. The Bertz CT molecular complexity index is 888. The van der Waals surface area contributed by atoms with Gasteiger partial charge in [-0.15, -0.1) is 0 Å². The maximum Gasteiger partial charge on any atom is 0.165 e. The number of likely N-dealkylation sites (tertiary alicyclic amines) is 1. The van der Waals surface area contributed by atoms with E-state index in [1.807, 2.05) is 6.07 Å². The second-order valence-corrected chi connectivity index (χ2v) is 9.18. The van der Waals surface area contributed by atoms with E-state index in [0.29, 0.717) is 12.1 Å². The largest absolute Gasteiger partial charge is 0.493 e. The maximum atomic E-state index is 6.22. The molecule has 0 saturated carbocycles. The summed E-state index contributed by atoms with van der Waals surface area (Å²) in [6.07, 6.45) is 2.45. The van der Waals surface area contributed by atoms with Gasteiger partial charge in [0.15, 0.2) is 11.5 Å². The molecular weight excluding hydrogens is 402 g/mol. The number of fused-ring (bicyclic) bond motifs is 1. The number of methoxy groups -OCH3 is 2. The van der Waals surface area contributed by atoms with Crippen molar-refractivity contribution in [3.8, 4) is 17.2 Å². The average molecular weight is 440 g/mol. The van der Waals surface area contributed by atoms with Gasteiger partial charge in [-0.05, 0) is 45.6 Å². The molecule has 0 bridgehead atoms. The molecule has 32 heavy (non-hydrogen) atoms. The fraction of sp³-hybridized carbons (Fsp3) is 0.538. The van der Waals surface area contributed by atoms with Crippen LogP contribution in [0.3, 0.4) is 0 Å². The molecule has 6 nitrogen and oxygen atoms in total. The number of hydrogen-bond donors (Lipinski definition) is 0. The van der Waals surface area contributed by atoms with Crippen molar-refractivity contribution in [2.75, 3.05) is 54.6 Å². The van der Waals surface area contributed by atoms with E-state index < -0.39 is 0 Å². The van der Waals surface area contributed by atoms with Gasteiger partial charge < -0.3 is 19.1 Å². The zero-order valence-corrected chi connectivity index (χ0v) is 19.9. The molecule has 0 radical (unpaired) electrons. The first-order chi connectivity index (χ1) is 15.6. The Morgan fingerprint density at radius 3 is 2.62 bits per heavy atom. The van der Waals surface area contributed by atoms with Crippen LogP contribution >= 0.6 is 0 Å². The minimum absolute atomic E-state index is 0.367. The first kappa shape index (κ1) is 22.9. The smallest absolute Gasteiger partial charge is 0.165 e. The highest BCUT2D eigenvalue weighted by molar-refractivity contribution is 5.46. The van der Waals surface area contributed by atoms with Crippen LogP contribution in [0, 0.1) is 0 Å². The molecule has 1 saturated heterocycles. The summed E-state index contributed by atoms with van der Waals surface area (Å²) in [5.41, 5.74) is 2.47. The van der Waals surface area contributed by atoms with Crippen molar-refractivity contribution in [1.29, 1.82) is 0 Å². The minimum atomic E-state index is 0.367. The Balaban J connectivity index is 1.52. The normalized spacial score (nSPS) is 21.8. The molecule has 2 heterocycles. The Morgan fingerprint density at radius 2 is 1.84 bits per heavy atom. The number of para-hydroxylation sites is 2. The summed E-state index contributed by atoms with van der Waals surface area (Å²) in [5.74, 6) is 2.68. The summed E-state index contributed by atoms with van der Waals surface area (Å²) in [7, 11) is 7.72. The number of nitrogens with zero attached hydrogens (tertiary/aromatic N) is 3. The van der Waals surface area contributed by atoms with E-state index in [-0.39, 0.29) is 0 Å². The lowest BCUT2D eigenvalue weighted by Crippen LogP contribution is -2.49. The predicted molar refractivity (Wildman–Crippen MR) is 128 cm³/mol. The fourth-order valence-corrected chi connectivity index (χ4v) is 5.10. The molecule has 0 amide bonds. The standard InChI is InChI=1S/C26H37N3O3/c1-27(2)17-23-19-32-24-12-6-5-9-20(24)15-29(23)18-22-11-8-14-28(22)16-21-10-7-13-25(30-3)26(21)31-4/h5-7,9-10,12-13,22-23H,8,11,14-19H2,1-4H3/t22-,23+/m0/s1. The van der Waals surface area contributed by atoms with Crippen molar-refractivity contribution >= 4 is 0 Å². The average Bonchev–Trinajstić information content (AvgIpc) is 3.15. The van der Waals surface area contributed by atoms with Crippen molar-refractivity contribution < 1.29 is 14.2 Å². The second-order valence-electron chi connectivity index (χ2n) is 9.18. The van der Waals surface area contributed by atoms with Crippen LogP contribution in [0.5, 0.6) is 17.2 Å². The van der Waals surface area contributed by atoms with Crippen LogP contribution in [-0.4, -0.2) is 81.3 Å². The van der Waals surface area contributed by atoms with E-state index in [0.717, 1.165) is 56.6 Å². The number of rotatable bonds is 8. The lowest BCUT2D eigenvalue weighted by molar-refractivity contribution is 0.0873. The molecule has 0 aromatic heterocycles. The molecule has 0 N–H and O–H groups in total. The predicted octanol–water partition coefficient (Wildman–Crippen LogP) is 3.49. The van der Waals surface area contributed by atoms with Crippen LogP contribution in [0.25, 0.3) is 0 Å². The number of hydrogen-bond acceptors (Lipinski definition) is 6. The Labute approximate surface area is 192 Å². The molecule has 2 aliphatic rings. The zero-order valence-electron chi connectivity index (χ0n) is 19.9. The van der Waals surface area contributed by atoms with Gasteiger partial charge in [0.25, 0.3) is 0 Å². The van der Waals surface area contributed by atoms with Gasteiger partial charge in [0.2, 0.25) is 0 Å². The van der Waals surface area contributed by atoms with Crippen molar-refractivity contribution in [1.82, 2.24) is 14.7 Å². The molecule has 4 rings (SSSR count). The van der Waals surface area contributed by atoms with E-state index in [1.54, 1.807) is 14.2 Å². The zero-order chi connectivity index (χ0) is 22.5. The lowest BCUT2D eigenvalue weighted by Gasteiger charge is -2.35. The molecule has 0 spiro atoms. The van der Waals surface area contributed by atoms with Crippen molar-refractivity contribution in [2.45, 2.75) is 38.0 Å². The lowest BCUT2D eigenvalue weighted by atomic mass is 10.1. The third-order valence-electron chi connectivity index (χ3n) is 6.67.